The number of aromatic nitrogens is 4. The van der Waals surface area contributed by atoms with Crippen LogP contribution in [0.25, 0.3) is 16.6 Å². The van der Waals surface area contributed by atoms with Gasteiger partial charge in [0.05, 0.1) is 29.6 Å². The van der Waals surface area contributed by atoms with Gasteiger partial charge in [-0.1, -0.05) is 12.1 Å². The molecule has 49 heavy (non-hydrogen) atoms. The molecule has 4 aromatic rings. The summed E-state index contributed by atoms with van der Waals surface area (Å²) in [4.78, 5) is 28.0. The number of rotatable bonds is 10. The van der Waals surface area contributed by atoms with Gasteiger partial charge < -0.3 is 29.2 Å². The van der Waals surface area contributed by atoms with E-state index in [0.29, 0.717) is 42.7 Å². The third-order valence-corrected chi connectivity index (χ3v) is 9.35. The Labute approximate surface area is 284 Å². The van der Waals surface area contributed by atoms with E-state index >= 15 is 0 Å². The smallest absolute Gasteiger partial charge is 0.407 e. The number of piperidine rings is 1. The van der Waals surface area contributed by atoms with Gasteiger partial charge in [0.2, 0.25) is 9.84 Å². The molecule has 16 heteroatoms. The molecule has 1 aliphatic rings. The molecule has 1 saturated heterocycles. The van der Waals surface area contributed by atoms with E-state index in [2.05, 4.69) is 21.6 Å². The summed E-state index contributed by atoms with van der Waals surface area (Å²) < 4.78 is 52.8. The summed E-state index contributed by atoms with van der Waals surface area (Å²) in [7, 11) is -1.22. The number of aryl methyl sites for hydroxylation is 1. The fraction of sp³-hybridized carbons (Fsp3) is 0.424. The maximum absolute atomic E-state index is 14.1. The lowest BCUT2D eigenvalue weighted by atomic mass is 9.99. The van der Waals surface area contributed by atoms with E-state index in [1.165, 1.54) is 40.8 Å². The summed E-state index contributed by atoms with van der Waals surface area (Å²) in [6.07, 6.45) is 3.28. The second kappa shape index (κ2) is 14.1. The van der Waals surface area contributed by atoms with Gasteiger partial charge in [-0.2, -0.15) is 15.5 Å². The number of alkyl carbamates (subject to hydrolysis) is 1. The monoisotopic (exact) mass is 693 g/mol. The molecule has 0 bridgehead atoms. The van der Waals surface area contributed by atoms with Crippen LogP contribution in [0.2, 0.25) is 0 Å². The molecule has 0 radical (unpaired) electrons. The summed E-state index contributed by atoms with van der Waals surface area (Å²) in [6, 6.07) is 9.66. The van der Waals surface area contributed by atoms with Crippen molar-refractivity contribution in [3.63, 3.8) is 0 Å². The van der Waals surface area contributed by atoms with Crippen LogP contribution in [0.5, 0.6) is 5.75 Å². The zero-order valence-corrected chi connectivity index (χ0v) is 29.0. The van der Waals surface area contributed by atoms with Crippen LogP contribution in [0.15, 0.2) is 52.8 Å². The molecule has 1 N–H and O–H groups in total. The van der Waals surface area contributed by atoms with Gasteiger partial charge in [0.25, 0.3) is 0 Å². The molecule has 0 aliphatic carbocycles. The molecule has 260 valence electrons. The van der Waals surface area contributed by atoms with Crippen LogP contribution in [0.4, 0.5) is 10.5 Å². The number of benzene rings is 1. The Morgan fingerprint density at radius 3 is 2.49 bits per heavy atom. The second-order valence-corrected chi connectivity index (χ2v) is 14.2. The third-order valence-electron chi connectivity index (χ3n) is 7.74. The number of amides is 1. The third kappa shape index (κ3) is 7.32. The average Bonchev–Trinajstić information content (AvgIpc) is 3.67. The molecule has 5 rings (SSSR count). The number of hydrogen-bond donors (Lipinski definition) is 1. The Morgan fingerprint density at radius 2 is 1.88 bits per heavy atom. The summed E-state index contributed by atoms with van der Waals surface area (Å²) in [5, 5.41) is 21.1. The maximum Gasteiger partial charge on any atom is 0.407 e. The summed E-state index contributed by atoms with van der Waals surface area (Å²) in [5.41, 5.74) is 1.01. The SMILES string of the molecule is CCOC(=O)c1cnn2c(S(=O)(=O)c3ccn(C)n3)cc(-c3cccc(C#N)c3OCOC)c2c1N1CCC(NC(=O)OC(C)(C)C)CC1. The number of fused-ring (bicyclic) bond motifs is 1. The molecule has 1 aromatic carbocycles. The lowest BCUT2D eigenvalue weighted by Crippen LogP contribution is -2.46. The molecule has 1 aliphatic heterocycles. The van der Waals surface area contributed by atoms with Crippen LogP contribution in [-0.2, 0) is 31.1 Å². The number of sulfone groups is 1. The number of nitriles is 1. The van der Waals surface area contributed by atoms with E-state index in [1.807, 2.05) is 4.90 Å². The number of nitrogens with zero attached hydrogens (tertiary/aromatic N) is 6. The van der Waals surface area contributed by atoms with Gasteiger partial charge in [0.1, 0.15) is 23.0 Å². The molecule has 0 unspecified atom stereocenters. The highest BCUT2D eigenvalue weighted by Crippen LogP contribution is 2.43. The highest BCUT2D eigenvalue weighted by atomic mass is 32.2. The first-order chi connectivity index (χ1) is 23.3. The number of para-hydroxylation sites is 1. The van der Waals surface area contributed by atoms with Gasteiger partial charge in [-0.25, -0.2) is 22.5 Å². The number of nitrogens with one attached hydrogen (secondary N) is 1. The normalized spacial score (nSPS) is 14.0. The highest BCUT2D eigenvalue weighted by molar-refractivity contribution is 7.91. The molecule has 4 heterocycles. The summed E-state index contributed by atoms with van der Waals surface area (Å²) >= 11 is 0. The quantitative estimate of drug-likeness (QED) is 0.186. The Morgan fingerprint density at radius 1 is 1.14 bits per heavy atom. The van der Waals surface area contributed by atoms with Crippen molar-refractivity contribution in [1.29, 1.82) is 5.26 Å². The van der Waals surface area contributed by atoms with Gasteiger partial charge in [-0.15, -0.1) is 0 Å². The zero-order chi connectivity index (χ0) is 35.5. The van der Waals surface area contributed by atoms with E-state index < -0.39 is 27.5 Å². The van der Waals surface area contributed by atoms with Gasteiger partial charge in [-0.05, 0) is 58.7 Å². The van der Waals surface area contributed by atoms with Crippen molar-refractivity contribution in [2.24, 2.45) is 7.05 Å². The van der Waals surface area contributed by atoms with E-state index in [0.717, 1.165) is 0 Å². The molecule has 1 fully saturated rings. The van der Waals surface area contributed by atoms with Gasteiger partial charge in [0.15, 0.2) is 16.8 Å². The number of esters is 1. The van der Waals surface area contributed by atoms with E-state index in [9.17, 15) is 23.3 Å². The van der Waals surface area contributed by atoms with Crippen molar-refractivity contribution in [3.8, 4) is 22.9 Å². The first-order valence-corrected chi connectivity index (χ1v) is 17.1. The fourth-order valence-corrected chi connectivity index (χ4v) is 7.01. The molecule has 1 amide bonds. The molecular formula is C33H39N7O8S. The molecule has 0 atom stereocenters. The maximum atomic E-state index is 14.1. The second-order valence-electron chi connectivity index (χ2n) is 12.4. The van der Waals surface area contributed by atoms with E-state index in [1.54, 1.807) is 52.9 Å². The Kier molecular flexibility index (Phi) is 10.2. The average molecular weight is 694 g/mol. The first-order valence-electron chi connectivity index (χ1n) is 15.6. The number of carbonyl (C=O) groups is 2. The van der Waals surface area contributed by atoms with Crippen molar-refractivity contribution in [3.05, 3.63) is 53.9 Å². The van der Waals surface area contributed by atoms with Crippen LogP contribution in [0.1, 0.15) is 56.5 Å². The lowest BCUT2D eigenvalue weighted by molar-refractivity contribution is 0.0494. The Hall–Kier alpha value is -5.14. The Balaban J connectivity index is 1.74. The number of hydrogen-bond acceptors (Lipinski definition) is 12. The van der Waals surface area contributed by atoms with Crippen molar-refractivity contribution in [2.45, 2.75) is 62.2 Å². The van der Waals surface area contributed by atoms with E-state index in [4.69, 9.17) is 18.9 Å². The van der Waals surface area contributed by atoms with Crippen LogP contribution in [-0.4, -0.2) is 85.1 Å². The van der Waals surface area contributed by atoms with Gasteiger partial charge >= 0.3 is 12.1 Å². The molecule has 3 aromatic heterocycles. The number of ether oxygens (including phenoxy) is 4. The van der Waals surface area contributed by atoms with Crippen molar-refractivity contribution in [2.75, 3.05) is 38.5 Å². The van der Waals surface area contributed by atoms with Crippen LogP contribution < -0.4 is 15.0 Å². The topological polar surface area (TPSA) is 179 Å². The van der Waals surface area contributed by atoms with Crippen LogP contribution >= 0.6 is 0 Å². The first kappa shape index (κ1) is 35.2. The Bertz CT molecular complexity index is 2020. The minimum atomic E-state index is -4.26. The molecule has 15 nitrogen and oxygen atoms in total. The standard InChI is InChI=1S/C33H39N7O8S/c1-7-46-31(41)25-19-35-40-27(49(43,44)26-13-14-38(5)37-26)17-24(23-10-8-9-21(18-34)30(23)47-20-45-6)29(40)28(25)39-15-11-22(12-16-39)36-32(42)48-33(2,3)4/h8-10,13-14,17,19,22H,7,11-12,15-16,20H2,1-6H3,(H,36,42). The van der Waals surface area contributed by atoms with Gasteiger partial charge in [0, 0.05) is 50.6 Å². The number of methoxy groups -OCH3 is 1. The number of anilines is 1. The summed E-state index contributed by atoms with van der Waals surface area (Å²) in [5.74, 6) is -0.488. The van der Waals surface area contributed by atoms with Crippen molar-refractivity contribution in [1.82, 2.24) is 24.7 Å². The molecule has 0 saturated carbocycles. The van der Waals surface area contributed by atoms with Crippen molar-refractivity contribution >= 4 is 33.1 Å². The minimum Gasteiger partial charge on any atom is -0.466 e. The fourth-order valence-electron chi connectivity index (χ4n) is 5.68. The zero-order valence-electron chi connectivity index (χ0n) is 28.2. The van der Waals surface area contributed by atoms with E-state index in [-0.39, 0.29) is 51.9 Å². The molecule has 0 spiro atoms. The van der Waals surface area contributed by atoms with Crippen LogP contribution in [0.3, 0.4) is 0 Å². The van der Waals surface area contributed by atoms with Gasteiger partial charge in [-0.3, -0.25) is 4.68 Å². The number of carbonyl (C=O) groups excluding carboxylic acids is 2. The lowest BCUT2D eigenvalue weighted by Gasteiger charge is -2.35. The van der Waals surface area contributed by atoms with Crippen LogP contribution in [0, 0.1) is 11.3 Å². The van der Waals surface area contributed by atoms with Crippen molar-refractivity contribution < 1.29 is 37.0 Å². The predicted octanol–water partition coefficient (Wildman–Crippen LogP) is 4.09. The largest absolute Gasteiger partial charge is 0.466 e. The summed E-state index contributed by atoms with van der Waals surface area (Å²) in [6.45, 7) is 7.72. The highest BCUT2D eigenvalue weighted by Gasteiger charge is 2.34. The molecular weight excluding hydrogens is 654 g/mol. The minimum absolute atomic E-state index is 0.0950. The predicted molar refractivity (Wildman–Crippen MR) is 177 cm³/mol.